The Kier molecular flexibility index (Phi) is 2.85. The van der Waals surface area contributed by atoms with Crippen LogP contribution in [-0.4, -0.2) is 11.7 Å². The average molecular weight is 223 g/mol. The summed E-state index contributed by atoms with van der Waals surface area (Å²) in [5, 5.41) is -0.347. The Morgan fingerprint density at radius 3 is 2.43 bits per heavy atom. The third-order valence-electron chi connectivity index (χ3n) is 1.58. The maximum atomic E-state index is 12.6. The Morgan fingerprint density at radius 2 is 2.00 bits per heavy atom. The molecule has 0 unspecified atom stereocenters. The number of halogens is 4. The van der Waals surface area contributed by atoms with Crippen molar-refractivity contribution in [3.63, 3.8) is 0 Å². The number of benzene rings is 1. The van der Waals surface area contributed by atoms with E-state index in [1.54, 1.807) is 0 Å². The first-order valence-corrected chi connectivity index (χ1v) is 4.08. The SMILES string of the molecule is CC(F)(F)C(=O)c1ccc(F)c(Cl)c1. The van der Waals surface area contributed by atoms with Gasteiger partial charge in [0.2, 0.25) is 5.78 Å². The Labute approximate surface area is 83.5 Å². The molecule has 1 aromatic rings. The van der Waals surface area contributed by atoms with E-state index in [4.69, 9.17) is 11.6 Å². The third-order valence-corrected chi connectivity index (χ3v) is 1.87. The second kappa shape index (κ2) is 3.61. The smallest absolute Gasteiger partial charge is 0.287 e. The molecular formula is C9H6ClF3O. The normalized spacial score (nSPS) is 11.5. The summed E-state index contributed by atoms with van der Waals surface area (Å²) >= 11 is 5.34. The fraction of sp³-hybridized carbons (Fsp3) is 0.222. The van der Waals surface area contributed by atoms with E-state index >= 15 is 0 Å². The van der Waals surface area contributed by atoms with E-state index in [0.717, 1.165) is 18.2 Å². The molecule has 0 aliphatic heterocycles. The van der Waals surface area contributed by atoms with Crippen molar-refractivity contribution in [1.82, 2.24) is 0 Å². The summed E-state index contributed by atoms with van der Waals surface area (Å²) in [4.78, 5) is 11.0. The number of hydrogen-bond acceptors (Lipinski definition) is 1. The van der Waals surface area contributed by atoms with Crippen molar-refractivity contribution in [2.24, 2.45) is 0 Å². The van der Waals surface area contributed by atoms with E-state index in [0.29, 0.717) is 6.92 Å². The highest BCUT2D eigenvalue weighted by molar-refractivity contribution is 6.31. The predicted octanol–water partition coefficient (Wildman–Crippen LogP) is 3.32. The molecule has 0 aliphatic carbocycles. The number of carbonyl (C=O) groups is 1. The molecule has 0 bridgehead atoms. The Morgan fingerprint density at radius 1 is 1.43 bits per heavy atom. The van der Waals surface area contributed by atoms with Gasteiger partial charge in [0, 0.05) is 12.5 Å². The van der Waals surface area contributed by atoms with Crippen molar-refractivity contribution in [2.45, 2.75) is 12.8 Å². The van der Waals surface area contributed by atoms with E-state index in [9.17, 15) is 18.0 Å². The molecule has 0 saturated heterocycles. The van der Waals surface area contributed by atoms with Gasteiger partial charge in [0.15, 0.2) is 0 Å². The number of rotatable bonds is 2. The van der Waals surface area contributed by atoms with Crippen LogP contribution in [0.15, 0.2) is 18.2 Å². The number of ketones is 1. The monoisotopic (exact) mass is 222 g/mol. The molecule has 0 radical (unpaired) electrons. The summed E-state index contributed by atoms with van der Waals surface area (Å²) in [6.45, 7) is 0.479. The van der Waals surface area contributed by atoms with E-state index in [1.165, 1.54) is 0 Å². The highest BCUT2D eigenvalue weighted by atomic mass is 35.5. The quantitative estimate of drug-likeness (QED) is 0.702. The summed E-state index contributed by atoms with van der Waals surface area (Å²) < 4.78 is 37.7. The fourth-order valence-electron chi connectivity index (χ4n) is 0.891. The van der Waals surface area contributed by atoms with Crippen molar-refractivity contribution in [1.29, 1.82) is 0 Å². The van der Waals surface area contributed by atoms with Gasteiger partial charge < -0.3 is 0 Å². The minimum atomic E-state index is -3.47. The lowest BCUT2D eigenvalue weighted by molar-refractivity contribution is 0.0221. The minimum absolute atomic E-state index is 0.302. The topological polar surface area (TPSA) is 17.1 Å². The lowest BCUT2D eigenvalue weighted by Crippen LogP contribution is -2.24. The lowest BCUT2D eigenvalue weighted by Gasteiger charge is -2.08. The van der Waals surface area contributed by atoms with E-state index in [-0.39, 0.29) is 10.6 Å². The van der Waals surface area contributed by atoms with Crippen LogP contribution < -0.4 is 0 Å². The molecule has 14 heavy (non-hydrogen) atoms. The highest BCUT2D eigenvalue weighted by Gasteiger charge is 2.33. The average Bonchev–Trinajstić information content (AvgIpc) is 2.07. The van der Waals surface area contributed by atoms with E-state index < -0.39 is 17.5 Å². The van der Waals surface area contributed by atoms with Gasteiger partial charge in [-0.25, -0.2) is 4.39 Å². The van der Waals surface area contributed by atoms with Gasteiger partial charge in [0.25, 0.3) is 0 Å². The molecule has 0 saturated carbocycles. The van der Waals surface area contributed by atoms with Crippen LogP contribution in [0.3, 0.4) is 0 Å². The van der Waals surface area contributed by atoms with Gasteiger partial charge in [-0.05, 0) is 18.2 Å². The maximum Gasteiger partial charge on any atom is 0.307 e. The second-order valence-corrected chi connectivity index (χ2v) is 3.25. The van der Waals surface area contributed by atoms with Crippen LogP contribution in [0.5, 0.6) is 0 Å². The van der Waals surface area contributed by atoms with E-state index in [2.05, 4.69) is 0 Å². The van der Waals surface area contributed by atoms with Gasteiger partial charge in [0.05, 0.1) is 5.02 Å². The van der Waals surface area contributed by atoms with Gasteiger partial charge in [-0.15, -0.1) is 0 Å². The molecule has 0 amide bonds. The first kappa shape index (κ1) is 11.0. The first-order valence-electron chi connectivity index (χ1n) is 3.70. The van der Waals surface area contributed by atoms with Crippen LogP contribution in [0, 0.1) is 5.82 Å². The summed E-state index contributed by atoms with van der Waals surface area (Å²) in [5.41, 5.74) is -0.302. The van der Waals surface area contributed by atoms with Gasteiger partial charge in [-0.1, -0.05) is 11.6 Å². The maximum absolute atomic E-state index is 12.6. The van der Waals surface area contributed by atoms with Crippen molar-refractivity contribution < 1.29 is 18.0 Å². The molecule has 5 heteroatoms. The van der Waals surface area contributed by atoms with Gasteiger partial charge >= 0.3 is 5.92 Å². The standard InChI is InChI=1S/C9H6ClF3O/c1-9(12,13)8(14)5-2-3-7(11)6(10)4-5/h2-4H,1H3. The molecular weight excluding hydrogens is 217 g/mol. The van der Waals surface area contributed by atoms with Gasteiger partial charge in [-0.2, -0.15) is 8.78 Å². The van der Waals surface area contributed by atoms with Crippen molar-refractivity contribution in [2.75, 3.05) is 0 Å². The molecule has 1 aromatic carbocycles. The minimum Gasteiger partial charge on any atom is -0.287 e. The zero-order valence-corrected chi connectivity index (χ0v) is 7.91. The molecule has 76 valence electrons. The number of alkyl halides is 2. The first-order chi connectivity index (χ1) is 6.32. The molecule has 1 rings (SSSR count). The highest BCUT2D eigenvalue weighted by Crippen LogP contribution is 2.22. The largest absolute Gasteiger partial charge is 0.307 e. The molecule has 0 atom stereocenters. The number of Topliss-reactive ketones (excluding diaryl/α,β-unsaturated/α-hetero) is 1. The van der Waals surface area contributed by atoms with Crippen LogP contribution in [0.2, 0.25) is 5.02 Å². The van der Waals surface area contributed by atoms with Crippen molar-refractivity contribution in [3.8, 4) is 0 Å². The third kappa shape index (κ3) is 2.26. The molecule has 0 aromatic heterocycles. The lowest BCUT2D eigenvalue weighted by atomic mass is 10.1. The summed E-state index contributed by atoms with van der Waals surface area (Å²) in [5.74, 6) is -5.59. The van der Waals surface area contributed by atoms with Gasteiger partial charge in [-0.3, -0.25) is 4.79 Å². The van der Waals surface area contributed by atoms with Crippen LogP contribution in [0.1, 0.15) is 17.3 Å². The predicted molar refractivity (Wildman–Crippen MR) is 46.4 cm³/mol. The van der Waals surface area contributed by atoms with Crippen molar-refractivity contribution in [3.05, 3.63) is 34.6 Å². The van der Waals surface area contributed by atoms with Crippen LogP contribution >= 0.6 is 11.6 Å². The molecule has 0 fully saturated rings. The molecule has 0 aliphatic rings. The number of hydrogen-bond donors (Lipinski definition) is 0. The fourth-order valence-corrected chi connectivity index (χ4v) is 1.07. The van der Waals surface area contributed by atoms with Crippen LogP contribution in [-0.2, 0) is 0 Å². The molecule has 1 nitrogen and oxygen atoms in total. The van der Waals surface area contributed by atoms with Crippen LogP contribution in [0.25, 0.3) is 0 Å². The zero-order valence-electron chi connectivity index (χ0n) is 7.15. The molecule has 0 N–H and O–H groups in total. The summed E-state index contributed by atoms with van der Waals surface area (Å²) in [7, 11) is 0. The summed E-state index contributed by atoms with van der Waals surface area (Å²) in [6.07, 6.45) is 0. The van der Waals surface area contributed by atoms with E-state index in [1.807, 2.05) is 0 Å². The number of carbonyl (C=O) groups excluding carboxylic acids is 1. The Hall–Kier alpha value is -1.03. The second-order valence-electron chi connectivity index (χ2n) is 2.85. The molecule has 0 heterocycles. The Bertz CT molecular complexity index is 371. The summed E-state index contributed by atoms with van der Waals surface area (Å²) in [6, 6.07) is 2.74. The Balaban J connectivity index is 3.10. The van der Waals surface area contributed by atoms with Gasteiger partial charge in [0.1, 0.15) is 5.82 Å². The zero-order chi connectivity index (χ0) is 10.9. The van der Waals surface area contributed by atoms with Crippen LogP contribution in [0.4, 0.5) is 13.2 Å². The van der Waals surface area contributed by atoms with Crippen molar-refractivity contribution >= 4 is 17.4 Å². The molecule has 0 spiro atoms.